The molecule has 0 unspecified atom stereocenters. The third kappa shape index (κ3) is 2.84. The molecule has 1 amide bonds. The third-order valence-electron chi connectivity index (χ3n) is 1.22. The molecule has 1 aromatic rings. The lowest BCUT2D eigenvalue weighted by atomic mass is 10.5. The van der Waals surface area contributed by atoms with E-state index in [1.54, 1.807) is 12.3 Å². The SMILES string of the molecule is CC=CC(=O)NCc1nccs1. The Morgan fingerprint density at radius 3 is 3.25 bits per heavy atom. The number of hydrogen-bond acceptors (Lipinski definition) is 3. The molecule has 0 aliphatic carbocycles. The Hall–Kier alpha value is -1.16. The molecule has 0 aromatic carbocycles. The summed E-state index contributed by atoms with van der Waals surface area (Å²) in [7, 11) is 0. The Bertz CT molecular complexity index is 267. The maximum atomic E-state index is 10.9. The van der Waals surface area contributed by atoms with Crippen LogP contribution in [0.25, 0.3) is 0 Å². The summed E-state index contributed by atoms with van der Waals surface area (Å²) in [5, 5.41) is 5.52. The first-order valence-corrected chi connectivity index (χ1v) is 4.50. The normalized spacial score (nSPS) is 10.4. The van der Waals surface area contributed by atoms with Crippen LogP contribution in [-0.4, -0.2) is 10.9 Å². The molecule has 0 radical (unpaired) electrons. The van der Waals surface area contributed by atoms with Crippen molar-refractivity contribution in [2.45, 2.75) is 13.5 Å². The Morgan fingerprint density at radius 1 is 1.83 bits per heavy atom. The van der Waals surface area contributed by atoms with Gasteiger partial charge in [-0.15, -0.1) is 11.3 Å². The van der Waals surface area contributed by atoms with E-state index in [1.165, 1.54) is 17.4 Å². The van der Waals surface area contributed by atoms with Crippen LogP contribution < -0.4 is 5.32 Å². The van der Waals surface area contributed by atoms with Crippen LogP contribution in [0.15, 0.2) is 23.7 Å². The van der Waals surface area contributed by atoms with E-state index >= 15 is 0 Å². The minimum atomic E-state index is -0.0762. The van der Waals surface area contributed by atoms with E-state index in [1.807, 2.05) is 12.3 Å². The first-order chi connectivity index (χ1) is 5.83. The molecule has 0 fully saturated rings. The molecule has 0 saturated heterocycles. The number of nitrogens with zero attached hydrogens (tertiary/aromatic N) is 1. The summed E-state index contributed by atoms with van der Waals surface area (Å²) >= 11 is 1.53. The second-order valence-corrected chi connectivity index (χ2v) is 3.12. The van der Waals surface area contributed by atoms with Crippen LogP contribution in [0.3, 0.4) is 0 Å². The minimum Gasteiger partial charge on any atom is -0.346 e. The van der Waals surface area contributed by atoms with E-state index in [2.05, 4.69) is 10.3 Å². The van der Waals surface area contributed by atoms with Gasteiger partial charge in [0.05, 0.1) is 6.54 Å². The molecule has 0 bridgehead atoms. The summed E-state index contributed by atoms with van der Waals surface area (Å²) < 4.78 is 0. The van der Waals surface area contributed by atoms with Gasteiger partial charge in [-0.2, -0.15) is 0 Å². The molecule has 0 spiro atoms. The summed E-state index contributed by atoms with van der Waals surface area (Å²) in [5.41, 5.74) is 0. The van der Waals surface area contributed by atoms with Crippen LogP contribution in [-0.2, 0) is 11.3 Å². The summed E-state index contributed by atoms with van der Waals surface area (Å²) in [6.45, 7) is 2.32. The molecule has 64 valence electrons. The number of aromatic nitrogens is 1. The number of rotatable bonds is 3. The van der Waals surface area contributed by atoms with Crippen molar-refractivity contribution < 1.29 is 4.79 Å². The zero-order valence-electron chi connectivity index (χ0n) is 6.78. The van der Waals surface area contributed by atoms with Gasteiger partial charge in [-0.25, -0.2) is 4.98 Å². The van der Waals surface area contributed by atoms with Crippen LogP contribution in [0.2, 0.25) is 0 Å². The third-order valence-corrected chi connectivity index (χ3v) is 1.99. The Labute approximate surface area is 75.1 Å². The fraction of sp³-hybridized carbons (Fsp3) is 0.250. The van der Waals surface area contributed by atoms with Crippen molar-refractivity contribution >= 4 is 17.2 Å². The fourth-order valence-corrected chi connectivity index (χ4v) is 1.27. The molecule has 1 aromatic heterocycles. The topological polar surface area (TPSA) is 42.0 Å². The van der Waals surface area contributed by atoms with Crippen LogP contribution in [0.1, 0.15) is 11.9 Å². The molecule has 0 atom stereocenters. The van der Waals surface area contributed by atoms with Crippen LogP contribution in [0.5, 0.6) is 0 Å². The largest absolute Gasteiger partial charge is 0.346 e. The van der Waals surface area contributed by atoms with Crippen molar-refractivity contribution in [2.75, 3.05) is 0 Å². The molecule has 1 rings (SSSR count). The lowest BCUT2D eigenvalue weighted by Gasteiger charge is -1.96. The standard InChI is InChI=1S/C8H10N2OS/c1-2-3-7(11)10-6-8-9-4-5-12-8/h2-5H,6H2,1H3,(H,10,11). The number of hydrogen-bond donors (Lipinski definition) is 1. The summed E-state index contributed by atoms with van der Waals surface area (Å²) in [4.78, 5) is 14.9. The number of nitrogens with one attached hydrogen (secondary N) is 1. The molecule has 0 aliphatic heterocycles. The quantitative estimate of drug-likeness (QED) is 0.717. The van der Waals surface area contributed by atoms with Crippen molar-refractivity contribution in [3.63, 3.8) is 0 Å². The summed E-state index contributed by atoms with van der Waals surface area (Å²) in [6, 6.07) is 0. The number of allylic oxidation sites excluding steroid dienone is 1. The lowest BCUT2D eigenvalue weighted by molar-refractivity contribution is -0.116. The average molecular weight is 182 g/mol. The van der Waals surface area contributed by atoms with Crippen molar-refractivity contribution in [2.24, 2.45) is 0 Å². The van der Waals surface area contributed by atoms with Crippen LogP contribution >= 0.6 is 11.3 Å². The highest BCUT2D eigenvalue weighted by atomic mass is 32.1. The van der Waals surface area contributed by atoms with Crippen molar-refractivity contribution in [3.8, 4) is 0 Å². The minimum absolute atomic E-state index is 0.0762. The van der Waals surface area contributed by atoms with Gasteiger partial charge in [-0.05, 0) is 13.0 Å². The van der Waals surface area contributed by atoms with Crippen molar-refractivity contribution in [1.82, 2.24) is 10.3 Å². The molecular weight excluding hydrogens is 172 g/mol. The van der Waals surface area contributed by atoms with Gasteiger partial charge < -0.3 is 5.32 Å². The van der Waals surface area contributed by atoms with E-state index in [4.69, 9.17) is 0 Å². The average Bonchev–Trinajstić information content (AvgIpc) is 2.53. The summed E-state index contributed by atoms with van der Waals surface area (Å²) in [5.74, 6) is -0.0762. The van der Waals surface area contributed by atoms with Gasteiger partial charge in [0.1, 0.15) is 5.01 Å². The molecule has 3 nitrogen and oxygen atoms in total. The first kappa shape index (κ1) is 8.93. The number of carbonyl (C=O) groups excluding carboxylic acids is 1. The highest BCUT2D eigenvalue weighted by Crippen LogP contribution is 2.02. The Morgan fingerprint density at radius 2 is 2.67 bits per heavy atom. The molecule has 4 heteroatoms. The van der Waals surface area contributed by atoms with Crippen LogP contribution in [0, 0.1) is 0 Å². The molecule has 1 heterocycles. The lowest BCUT2D eigenvalue weighted by Crippen LogP contribution is -2.19. The molecular formula is C8H10N2OS. The smallest absolute Gasteiger partial charge is 0.243 e. The van der Waals surface area contributed by atoms with Gasteiger partial charge in [0, 0.05) is 11.6 Å². The fourth-order valence-electron chi connectivity index (χ4n) is 0.713. The van der Waals surface area contributed by atoms with E-state index in [0.29, 0.717) is 6.54 Å². The van der Waals surface area contributed by atoms with Gasteiger partial charge >= 0.3 is 0 Å². The van der Waals surface area contributed by atoms with Crippen LogP contribution in [0.4, 0.5) is 0 Å². The van der Waals surface area contributed by atoms with Gasteiger partial charge in [0.15, 0.2) is 0 Å². The number of carbonyl (C=O) groups is 1. The van der Waals surface area contributed by atoms with Gasteiger partial charge in [0.25, 0.3) is 0 Å². The van der Waals surface area contributed by atoms with Gasteiger partial charge in [-0.1, -0.05) is 6.08 Å². The van der Waals surface area contributed by atoms with Crippen molar-refractivity contribution in [3.05, 3.63) is 28.7 Å². The van der Waals surface area contributed by atoms with E-state index in [-0.39, 0.29) is 5.91 Å². The predicted molar refractivity (Wildman–Crippen MR) is 48.8 cm³/mol. The second kappa shape index (κ2) is 4.66. The monoisotopic (exact) mass is 182 g/mol. The molecule has 0 saturated carbocycles. The zero-order valence-corrected chi connectivity index (χ0v) is 7.60. The molecule has 0 aliphatic rings. The predicted octanol–water partition coefficient (Wildman–Crippen LogP) is 1.34. The molecule has 1 N–H and O–H groups in total. The maximum Gasteiger partial charge on any atom is 0.243 e. The second-order valence-electron chi connectivity index (χ2n) is 2.14. The first-order valence-electron chi connectivity index (χ1n) is 3.62. The number of thiazole rings is 1. The zero-order chi connectivity index (χ0) is 8.81. The Kier molecular flexibility index (Phi) is 3.47. The van der Waals surface area contributed by atoms with E-state index in [9.17, 15) is 4.79 Å². The van der Waals surface area contributed by atoms with E-state index < -0.39 is 0 Å². The summed E-state index contributed by atoms with van der Waals surface area (Å²) in [6.07, 6.45) is 4.92. The highest BCUT2D eigenvalue weighted by Gasteiger charge is 1.96. The van der Waals surface area contributed by atoms with Gasteiger partial charge in [-0.3, -0.25) is 4.79 Å². The van der Waals surface area contributed by atoms with Gasteiger partial charge in [0.2, 0.25) is 5.91 Å². The maximum absolute atomic E-state index is 10.9. The van der Waals surface area contributed by atoms with Crippen molar-refractivity contribution in [1.29, 1.82) is 0 Å². The molecule has 12 heavy (non-hydrogen) atoms. The van der Waals surface area contributed by atoms with E-state index in [0.717, 1.165) is 5.01 Å². The number of amides is 1. The Balaban J connectivity index is 2.31. The highest BCUT2D eigenvalue weighted by molar-refractivity contribution is 7.09.